The van der Waals surface area contributed by atoms with Crippen molar-refractivity contribution >= 4 is 21.2 Å². The highest BCUT2D eigenvalue weighted by Crippen LogP contribution is 1.89. The van der Waals surface area contributed by atoms with Crippen LogP contribution in [0.5, 0.6) is 0 Å². The van der Waals surface area contributed by atoms with Crippen molar-refractivity contribution in [2.45, 2.75) is 31.7 Å². The van der Waals surface area contributed by atoms with E-state index in [0.717, 1.165) is 0 Å². The molecule has 0 unspecified atom stereocenters. The molecular formula is C8H15NO4Si. The summed E-state index contributed by atoms with van der Waals surface area (Å²) in [7, 11) is 0.0809. The minimum Gasteiger partial charge on any atom is -0.372 e. The summed E-state index contributed by atoms with van der Waals surface area (Å²) in [4.78, 5) is 21.4. The summed E-state index contributed by atoms with van der Waals surface area (Å²) in [5.41, 5.74) is 0. The molecular weight excluding hydrogens is 202 g/mol. The number of carbonyl (C=O) groups is 2. The second-order valence-corrected chi connectivity index (χ2v) is 4.33. The fraction of sp³-hybridized carbons (Fsp3) is 0.750. The van der Waals surface area contributed by atoms with Crippen LogP contribution in [0.15, 0.2) is 0 Å². The summed E-state index contributed by atoms with van der Waals surface area (Å²) >= 11 is 0. The molecule has 0 atom stereocenters. The molecule has 0 spiro atoms. The molecule has 0 aromatic rings. The Kier molecular flexibility index (Phi) is 7.26. The number of rotatable bonds is 7. The lowest BCUT2D eigenvalue weighted by Crippen LogP contribution is -2.26. The highest BCUT2D eigenvalue weighted by atomic mass is 28.2. The fourth-order valence-corrected chi connectivity index (χ4v) is 1.48. The van der Waals surface area contributed by atoms with Crippen molar-refractivity contribution in [2.75, 3.05) is 6.54 Å². The summed E-state index contributed by atoms with van der Waals surface area (Å²) in [5.74, 6) is -1.68. The van der Waals surface area contributed by atoms with Crippen LogP contribution < -0.4 is 5.32 Å². The number of ketones is 1. The molecule has 2 radical (unpaired) electrons. The molecule has 3 N–H and O–H groups in total. The van der Waals surface area contributed by atoms with E-state index in [9.17, 15) is 9.59 Å². The molecule has 0 fully saturated rings. The SMILES string of the molecule is CC(=O)CC(=O)NCCC[Si]C(O)O. The van der Waals surface area contributed by atoms with Gasteiger partial charge in [-0.25, -0.2) is 0 Å². The standard InChI is InChI=1S/C8H15NO4Si/c1-6(10)5-7(11)9-3-2-4-14-8(12)13/h8,12-13H,2-5H2,1H3,(H,9,11). The highest BCUT2D eigenvalue weighted by molar-refractivity contribution is 6.36. The van der Waals surface area contributed by atoms with Crippen LogP contribution in [0.3, 0.4) is 0 Å². The van der Waals surface area contributed by atoms with Crippen LogP contribution in [0.25, 0.3) is 0 Å². The smallest absolute Gasteiger partial charge is 0.227 e. The summed E-state index contributed by atoms with van der Waals surface area (Å²) in [6.45, 7) is 1.84. The first-order chi connectivity index (χ1) is 6.52. The van der Waals surface area contributed by atoms with E-state index in [-0.39, 0.29) is 27.6 Å². The molecule has 0 aliphatic carbocycles. The molecule has 0 aliphatic heterocycles. The zero-order valence-electron chi connectivity index (χ0n) is 8.12. The Morgan fingerprint density at radius 3 is 2.57 bits per heavy atom. The maximum absolute atomic E-state index is 10.9. The normalized spacial score (nSPS) is 10.3. The van der Waals surface area contributed by atoms with Gasteiger partial charge in [0.1, 0.15) is 21.2 Å². The molecule has 80 valence electrons. The van der Waals surface area contributed by atoms with Gasteiger partial charge in [-0.1, -0.05) is 6.04 Å². The molecule has 5 nitrogen and oxygen atoms in total. The van der Waals surface area contributed by atoms with Crippen LogP contribution in [0, 0.1) is 0 Å². The van der Waals surface area contributed by atoms with Crippen molar-refractivity contribution in [1.82, 2.24) is 5.32 Å². The molecule has 0 aromatic heterocycles. The highest BCUT2D eigenvalue weighted by Gasteiger charge is 2.04. The zero-order valence-corrected chi connectivity index (χ0v) is 9.12. The van der Waals surface area contributed by atoms with E-state index in [1.54, 1.807) is 0 Å². The van der Waals surface area contributed by atoms with Crippen LogP contribution in [0.1, 0.15) is 19.8 Å². The lowest BCUT2D eigenvalue weighted by molar-refractivity contribution is -0.127. The van der Waals surface area contributed by atoms with Gasteiger partial charge >= 0.3 is 0 Å². The second kappa shape index (κ2) is 7.66. The van der Waals surface area contributed by atoms with Crippen molar-refractivity contribution in [3.8, 4) is 0 Å². The van der Waals surface area contributed by atoms with Crippen LogP contribution in [-0.2, 0) is 9.59 Å². The van der Waals surface area contributed by atoms with E-state index >= 15 is 0 Å². The van der Waals surface area contributed by atoms with Crippen molar-refractivity contribution < 1.29 is 19.8 Å². The Hall–Kier alpha value is -0.723. The number of aliphatic hydroxyl groups excluding tert-OH is 1. The van der Waals surface area contributed by atoms with Gasteiger partial charge in [0.05, 0.1) is 6.42 Å². The Morgan fingerprint density at radius 2 is 2.07 bits per heavy atom. The zero-order chi connectivity index (χ0) is 11.0. The van der Waals surface area contributed by atoms with E-state index < -0.39 is 5.91 Å². The number of carbonyl (C=O) groups excluding carboxylic acids is 2. The third kappa shape index (κ3) is 9.37. The van der Waals surface area contributed by atoms with Crippen LogP contribution >= 0.6 is 0 Å². The van der Waals surface area contributed by atoms with Gasteiger partial charge < -0.3 is 15.5 Å². The van der Waals surface area contributed by atoms with Crippen molar-refractivity contribution in [3.63, 3.8) is 0 Å². The molecule has 0 aromatic carbocycles. The first-order valence-electron chi connectivity index (χ1n) is 4.38. The summed E-state index contributed by atoms with van der Waals surface area (Å²) in [5, 5.41) is 19.6. The van der Waals surface area contributed by atoms with Gasteiger partial charge in [0.15, 0.2) is 0 Å². The lowest BCUT2D eigenvalue weighted by Gasteiger charge is -2.03. The quantitative estimate of drug-likeness (QED) is 0.218. The summed E-state index contributed by atoms with van der Waals surface area (Å²) in [6.07, 6.45) is 0.616. The predicted molar refractivity (Wildman–Crippen MR) is 51.7 cm³/mol. The topological polar surface area (TPSA) is 86.6 Å². The molecule has 0 heterocycles. The molecule has 0 aliphatic rings. The number of Topliss-reactive ketones (excluding diaryl/α,β-unsaturated/α-hetero) is 1. The summed E-state index contributed by atoms with van der Waals surface area (Å²) in [6, 6.07) is 0.665. The number of hydrogen-bond acceptors (Lipinski definition) is 4. The molecule has 6 heteroatoms. The van der Waals surface area contributed by atoms with Gasteiger partial charge in [-0.05, 0) is 13.3 Å². The Labute approximate surface area is 85.3 Å². The number of nitrogens with one attached hydrogen (secondary N) is 1. The molecule has 0 saturated carbocycles. The molecule has 0 saturated heterocycles. The van der Waals surface area contributed by atoms with Gasteiger partial charge in [-0.15, -0.1) is 0 Å². The van der Waals surface area contributed by atoms with Crippen molar-refractivity contribution in [3.05, 3.63) is 0 Å². The van der Waals surface area contributed by atoms with Crippen molar-refractivity contribution in [1.29, 1.82) is 0 Å². The number of amides is 1. The van der Waals surface area contributed by atoms with E-state index in [2.05, 4.69) is 5.32 Å². The maximum atomic E-state index is 10.9. The van der Waals surface area contributed by atoms with Crippen molar-refractivity contribution in [2.24, 2.45) is 0 Å². The minimum atomic E-state index is -1.25. The predicted octanol–water partition coefficient (Wildman–Crippen LogP) is -1.14. The van der Waals surface area contributed by atoms with Gasteiger partial charge in [-0.3, -0.25) is 9.59 Å². The average Bonchev–Trinajstić information content (AvgIpc) is 2.01. The fourth-order valence-electron chi connectivity index (χ4n) is 0.836. The number of aliphatic hydroxyl groups is 2. The Morgan fingerprint density at radius 1 is 1.43 bits per heavy atom. The van der Waals surface area contributed by atoms with Crippen LogP contribution in [-0.4, -0.2) is 43.9 Å². The molecule has 1 amide bonds. The third-order valence-corrected chi connectivity index (χ3v) is 2.42. The largest absolute Gasteiger partial charge is 0.372 e. The van der Waals surface area contributed by atoms with Gasteiger partial charge in [-0.2, -0.15) is 0 Å². The Balaban J connectivity index is 3.27. The summed E-state index contributed by atoms with van der Waals surface area (Å²) < 4.78 is 0. The van der Waals surface area contributed by atoms with Crippen LogP contribution in [0.4, 0.5) is 0 Å². The minimum absolute atomic E-state index is 0.0785. The van der Waals surface area contributed by atoms with E-state index in [4.69, 9.17) is 10.2 Å². The van der Waals surface area contributed by atoms with E-state index in [1.807, 2.05) is 0 Å². The van der Waals surface area contributed by atoms with Gasteiger partial charge in [0.2, 0.25) is 5.91 Å². The molecule has 0 bridgehead atoms. The van der Waals surface area contributed by atoms with Gasteiger partial charge in [0, 0.05) is 6.54 Å². The maximum Gasteiger partial charge on any atom is 0.227 e. The van der Waals surface area contributed by atoms with E-state index in [0.29, 0.717) is 19.0 Å². The third-order valence-electron chi connectivity index (χ3n) is 1.41. The van der Waals surface area contributed by atoms with Gasteiger partial charge in [0.25, 0.3) is 0 Å². The van der Waals surface area contributed by atoms with Crippen LogP contribution in [0.2, 0.25) is 6.04 Å². The second-order valence-electron chi connectivity index (χ2n) is 2.91. The monoisotopic (exact) mass is 217 g/mol. The first-order valence-corrected chi connectivity index (χ1v) is 5.66. The molecule has 0 rings (SSSR count). The first kappa shape index (κ1) is 13.3. The van der Waals surface area contributed by atoms with E-state index in [1.165, 1.54) is 6.92 Å². The molecule has 14 heavy (non-hydrogen) atoms. The Bertz CT molecular complexity index is 196. The lowest BCUT2D eigenvalue weighted by atomic mass is 10.3. The average molecular weight is 217 g/mol. The number of hydrogen-bond donors (Lipinski definition) is 3.